The molecule has 1 aromatic heterocycles. The Bertz CT molecular complexity index is 1410. The van der Waals surface area contributed by atoms with Crippen molar-refractivity contribution < 1.29 is 28.6 Å². The summed E-state index contributed by atoms with van der Waals surface area (Å²) in [6, 6.07) is 17.1. The Morgan fingerprint density at radius 3 is 2.65 bits per heavy atom. The summed E-state index contributed by atoms with van der Waals surface area (Å²) in [5.74, 6) is -0.834. The van der Waals surface area contributed by atoms with Gasteiger partial charge in [-0.2, -0.15) is 0 Å². The van der Waals surface area contributed by atoms with Gasteiger partial charge in [-0.15, -0.1) is 0 Å². The number of alkyl carbamates (subject to hydrolysis) is 1. The van der Waals surface area contributed by atoms with Gasteiger partial charge >= 0.3 is 12.1 Å². The van der Waals surface area contributed by atoms with Gasteiger partial charge in [-0.05, 0) is 30.5 Å². The molecule has 8 heteroatoms. The van der Waals surface area contributed by atoms with Gasteiger partial charge in [-0.25, -0.2) is 4.79 Å². The summed E-state index contributed by atoms with van der Waals surface area (Å²) in [7, 11) is 0. The van der Waals surface area contributed by atoms with E-state index in [1.165, 1.54) is 12.1 Å². The van der Waals surface area contributed by atoms with Crippen LogP contribution in [0.15, 0.2) is 69.9 Å². The number of esters is 1. The average Bonchev–Trinajstić information content (AvgIpc) is 2.82. The first-order valence-electron chi connectivity index (χ1n) is 10.8. The van der Waals surface area contributed by atoms with Crippen molar-refractivity contribution in [3.8, 4) is 11.5 Å². The number of hydrogen-bond acceptors (Lipinski definition) is 7. The minimum atomic E-state index is -0.575. The van der Waals surface area contributed by atoms with Crippen LogP contribution in [0.2, 0.25) is 0 Å². The van der Waals surface area contributed by atoms with E-state index in [2.05, 4.69) is 5.32 Å². The van der Waals surface area contributed by atoms with Crippen LogP contribution in [0.3, 0.4) is 0 Å². The fourth-order valence-corrected chi connectivity index (χ4v) is 3.53. The van der Waals surface area contributed by atoms with Gasteiger partial charge in [0, 0.05) is 25.1 Å². The Labute approximate surface area is 194 Å². The molecule has 0 atom stereocenters. The molecule has 0 aliphatic rings. The molecule has 4 aromatic rings. The highest BCUT2D eigenvalue weighted by atomic mass is 16.5. The maximum atomic E-state index is 12.8. The van der Waals surface area contributed by atoms with Crippen LogP contribution < -0.4 is 15.5 Å². The number of nitrogens with one attached hydrogen (secondary N) is 1. The summed E-state index contributed by atoms with van der Waals surface area (Å²) in [5, 5.41) is 13.3. The number of carbonyl (C=O) groups is 2. The molecule has 0 bridgehead atoms. The Balaban J connectivity index is 1.33. The Morgan fingerprint density at radius 2 is 1.85 bits per heavy atom. The predicted octanol–water partition coefficient (Wildman–Crippen LogP) is 4.57. The summed E-state index contributed by atoms with van der Waals surface area (Å²) in [4.78, 5) is 36.7. The molecule has 1 amide bonds. The third kappa shape index (κ3) is 5.17. The number of phenols is 1. The predicted molar refractivity (Wildman–Crippen MR) is 126 cm³/mol. The molecule has 0 radical (unpaired) electrons. The zero-order valence-corrected chi connectivity index (χ0v) is 18.5. The van der Waals surface area contributed by atoms with Gasteiger partial charge in [-0.3, -0.25) is 9.59 Å². The topological polar surface area (TPSA) is 115 Å². The second-order valence-corrected chi connectivity index (χ2v) is 7.76. The third-order valence-corrected chi connectivity index (χ3v) is 5.22. The number of carbonyl (C=O) groups excluding carboxylic acids is 2. The molecule has 2 N–H and O–H groups in total. The standard InChI is InChI=1S/C26H23NO7/c1-16-7-5-10-19-24(30)23-20(28)13-18(14-21(23)34-25(16)19)33-22(29)11-6-12-27-26(31)32-15-17-8-3-2-4-9-17/h2-5,7-10,13-14,28H,6,11-12,15H2,1H3,(H,27,31). The van der Waals surface area contributed by atoms with E-state index < -0.39 is 12.1 Å². The van der Waals surface area contributed by atoms with Crippen molar-refractivity contribution in [3.05, 3.63) is 82.0 Å². The summed E-state index contributed by atoms with van der Waals surface area (Å²) < 4.78 is 16.2. The van der Waals surface area contributed by atoms with E-state index in [0.29, 0.717) is 17.4 Å². The molecule has 1 heterocycles. The number of phenolic OH excluding ortho intramolecular Hbond substituents is 1. The van der Waals surface area contributed by atoms with E-state index in [4.69, 9.17) is 13.9 Å². The van der Waals surface area contributed by atoms with Crippen molar-refractivity contribution >= 4 is 34.0 Å². The monoisotopic (exact) mass is 461 g/mol. The lowest BCUT2D eigenvalue weighted by atomic mass is 10.1. The number of aromatic hydroxyl groups is 1. The van der Waals surface area contributed by atoms with Gasteiger partial charge in [0.05, 0.1) is 5.39 Å². The van der Waals surface area contributed by atoms with E-state index in [1.807, 2.05) is 43.3 Å². The van der Waals surface area contributed by atoms with Crippen molar-refractivity contribution in [3.63, 3.8) is 0 Å². The third-order valence-electron chi connectivity index (χ3n) is 5.22. The molecule has 4 rings (SSSR count). The van der Waals surface area contributed by atoms with Crippen LogP contribution in [0.1, 0.15) is 24.0 Å². The first kappa shape index (κ1) is 22.8. The molecule has 0 fully saturated rings. The van der Waals surface area contributed by atoms with Gasteiger partial charge in [0.1, 0.15) is 34.7 Å². The minimum Gasteiger partial charge on any atom is -0.507 e. The van der Waals surface area contributed by atoms with Gasteiger partial charge in [-0.1, -0.05) is 42.5 Å². The SMILES string of the molecule is Cc1cccc2c(=O)c3c(O)cc(OC(=O)CCCNC(=O)OCc4ccccc4)cc3oc12. The zero-order valence-electron chi connectivity index (χ0n) is 18.5. The highest BCUT2D eigenvalue weighted by molar-refractivity contribution is 5.95. The van der Waals surface area contributed by atoms with E-state index in [1.54, 1.807) is 12.1 Å². The van der Waals surface area contributed by atoms with Crippen LogP contribution in [0.25, 0.3) is 21.9 Å². The number of amides is 1. The molecule has 34 heavy (non-hydrogen) atoms. The number of aryl methyl sites for hydroxylation is 1. The van der Waals surface area contributed by atoms with Crippen LogP contribution in [0.4, 0.5) is 4.79 Å². The molecule has 0 aliphatic heterocycles. The number of rotatable bonds is 7. The van der Waals surface area contributed by atoms with Gasteiger partial charge in [0.25, 0.3) is 0 Å². The molecule has 3 aromatic carbocycles. The maximum Gasteiger partial charge on any atom is 0.407 e. The number of ether oxygens (including phenoxy) is 2. The molecule has 0 saturated heterocycles. The number of para-hydroxylation sites is 1. The second kappa shape index (κ2) is 10.1. The van der Waals surface area contributed by atoms with Crippen molar-refractivity contribution in [2.24, 2.45) is 0 Å². The normalized spacial score (nSPS) is 10.9. The van der Waals surface area contributed by atoms with E-state index >= 15 is 0 Å². The summed E-state index contributed by atoms with van der Waals surface area (Å²) in [5.41, 5.74) is 1.82. The highest BCUT2D eigenvalue weighted by Gasteiger charge is 2.16. The largest absolute Gasteiger partial charge is 0.507 e. The Hall–Kier alpha value is -4.33. The molecular weight excluding hydrogens is 438 g/mol. The average molecular weight is 461 g/mol. The van der Waals surface area contributed by atoms with Crippen molar-refractivity contribution in [2.75, 3.05) is 6.54 Å². The van der Waals surface area contributed by atoms with Gasteiger partial charge in [0.15, 0.2) is 0 Å². The van der Waals surface area contributed by atoms with Gasteiger partial charge in [0.2, 0.25) is 5.43 Å². The number of benzene rings is 3. The fraction of sp³-hybridized carbons (Fsp3) is 0.192. The van der Waals surface area contributed by atoms with Crippen molar-refractivity contribution in [2.45, 2.75) is 26.4 Å². The fourth-order valence-electron chi connectivity index (χ4n) is 3.53. The smallest absolute Gasteiger partial charge is 0.407 e. The molecule has 0 spiro atoms. The first-order chi connectivity index (χ1) is 16.4. The van der Waals surface area contributed by atoms with Crippen LogP contribution in [0, 0.1) is 6.92 Å². The first-order valence-corrected chi connectivity index (χ1v) is 10.8. The molecule has 174 valence electrons. The van der Waals surface area contributed by atoms with E-state index in [0.717, 1.165) is 11.1 Å². The Morgan fingerprint density at radius 1 is 1.06 bits per heavy atom. The molecule has 8 nitrogen and oxygen atoms in total. The molecule has 0 unspecified atom stereocenters. The summed E-state index contributed by atoms with van der Waals surface area (Å²) in [6.45, 7) is 2.20. The van der Waals surface area contributed by atoms with Crippen LogP contribution in [0.5, 0.6) is 11.5 Å². The van der Waals surface area contributed by atoms with E-state index in [-0.39, 0.29) is 47.5 Å². The Kier molecular flexibility index (Phi) is 6.77. The van der Waals surface area contributed by atoms with E-state index in [9.17, 15) is 19.5 Å². The maximum absolute atomic E-state index is 12.8. The van der Waals surface area contributed by atoms with Crippen molar-refractivity contribution in [1.29, 1.82) is 0 Å². The second-order valence-electron chi connectivity index (χ2n) is 7.76. The minimum absolute atomic E-state index is 0.0242. The summed E-state index contributed by atoms with van der Waals surface area (Å²) in [6.07, 6.45) is -0.217. The zero-order chi connectivity index (χ0) is 24.1. The van der Waals surface area contributed by atoms with Crippen LogP contribution in [-0.2, 0) is 16.1 Å². The number of hydrogen-bond donors (Lipinski definition) is 2. The van der Waals surface area contributed by atoms with Gasteiger partial charge < -0.3 is 24.3 Å². The molecule has 0 saturated carbocycles. The lowest BCUT2D eigenvalue weighted by Gasteiger charge is -2.09. The highest BCUT2D eigenvalue weighted by Crippen LogP contribution is 2.31. The van der Waals surface area contributed by atoms with Crippen LogP contribution in [-0.4, -0.2) is 23.7 Å². The molecular formula is C26H23NO7. The number of fused-ring (bicyclic) bond motifs is 2. The van der Waals surface area contributed by atoms with Crippen molar-refractivity contribution in [1.82, 2.24) is 5.32 Å². The summed E-state index contributed by atoms with van der Waals surface area (Å²) >= 11 is 0. The quantitative estimate of drug-likeness (QED) is 0.179. The lowest BCUT2D eigenvalue weighted by Crippen LogP contribution is -2.26. The lowest BCUT2D eigenvalue weighted by molar-refractivity contribution is -0.134. The van der Waals surface area contributed by atoms with Crippen LogP contribution >= 0.6 is 0 Å². The molecule has 0 aliphatic carbocycles.